The van der Waals surface area contributed by atoms with Crippen molar-refractivity contribution >= 4 is 11.6 Å². The lowest BCUT2D eigenvalue weighted by Crippen LogP contribution is -2.66. The Kier molecular flexibility index (Phi) is 2.62. The van der Waals surface area contributed by atoms with Crippen LogP contribution in [0.4, 0.5) is 0 Å². The zero-order chi connectivity index (χ0) is 12.8. The largest absolute Gasteiger partial charge is 0.292 e. The van der Waals surface area contributed by atoms with E-state index in [4.69, 9.17) is 11.6 Å². The van der Waals surface area contributed by atoms with Crippen LogP contribution in [0.25, 0.3) is 0 Å². The maximum Gasteiger partial charge on any atom is 0.276 e. The van der Waals surface area contributed by atoms with Gasteiger partial charge in [-0.3, -0.25) is 25.1 Å². The summed E-state index contributed by atoms with van der Waals surface area (Å²) in [4.78, 5) is 23.2. The minimum Gasteiger partial charge on any atom is -0.292 e. The van der Waals surface area contributed by atoms with E-state index >= 15 is 0 Å². The number of hydrogen-bond donors (Lipinski definition) is 0. The van der Waals surface area contributed by atoms with Crippen molar-refractivity contribution in [3.05, 3.63) is 31.3 Å². The molecule has 2 aliphatic rings. The Morgan fingerprint density at radius 1 is 1.35 bits per heavy atom. The minimum atomic E-state index is -1.51. The predicted octanol–water partition coefficient (Wildman–Crippen LogP) is 0.879. The van der Waals surface area contributed by atoms with E-state index in [1.54, 1.807) is 11.9 Å². The lowest BCUT2D eigenvalue weighted by atomic mass is 9.72. The SMILES string of the molecule is CN1C[C@@]2([N+](=O)[O-])CC=C(Cl)[C@]([N+](=O)[O-])(C1)C2. The molecule has 0 unspecified atom stereocenters. The quantitative estimate of drug-likeness (QED) is 0.544. The number of rotatable bonds is 2. The molecule has 17 heavy (non-hydrogen) atoms. The van der Waals surface area contributed by atoms with Gasteiger partial charge in [0.2, 0.25) is 5.54 Å². The Hall–Kier alpha value is -1.21. The molecule has 8 heteroatoms. The second-order valence-electron chi connectivity index (χ2n) is 4.88. The zero-order valence-corrected chi connectivity index (χ0v) is 10.0. The van der Waals surface area contributed by atoms with E-state index in [1.165, 1.54) is 6.08 Å². The molecule has 1 aliphatic carbocycles. The molecule has 1 saturated heterocycles. The van der Waals surface area contributed by atoms with Crippen LogP contribution in [-0.2, 0) is 0 Å². The van der Waals surface area contributed by atoms with Gasteiger partial charge < -0.3 is 0 Å². The molecule has 1 heterocycles. The molecule has 0 aromatic carbocycles. The van der Waals surface area contributed by atoms with Crippen molar-refractivity contribution in [3.8, 4) is 0 Å². The predicted molar refractivity (Wildman–Crippen MR) is 60.1 cm³/mol. The van der Waals surface area contributed by atoms with Crippen LogP contribution in [-0.4, -0.2) is 46.0 Å². The Balaban J connectivity index is 2.52. The number of likely N-dealkylation sites (N-methyl/N-ethyl adjacent to an activating group) is 1. The Morgan fingerprint density at radius 3 is 2.53 bits per heavy atom. The maximum atomic E-state index is 11.2. The first-order chi connectivity index (χ1) is 7.82. The number of hydrogen-bond acceptors (Lipinski definition) is 5. The average Bonchev–Trinajstić information content (AvgIpc) is 2.23. The van der Waals surface area contributed by atoms with Crippen LogP contribution in [0.5, 0.6) is 0 Å². The molecule has 1 fully saturated rings. The Labute approximate surface area is 102 Å². The number of fused-ring (bicyclic) bond motifs is 2. The average molecular weight is 262 g/mol. The summed E-state index contributed by atoms with van der Waals surface area (Å²) in [6.07, 6.45) is 1.46. The van der Waals surface area contributed by atoms with E-state index in [0.717, 1.165) is 0 Å². The molecule has 0 N–H and O–H groups in total. The van der Waals surface area contributed by atoms with Crippen LogP contribution in [0.2, 0.25) is 0 Å². The van der Waals surface area contributed by atoms with E-state index in [-0.39, 0.29) is 31.0 Å². The number of likely N-dealkylation sites (tertiary alicyclic amines) is 1. The van der Waals surface area contributed by atoms with Crippen molar-refractivity contribution in [1.29, 1.82) is 0 Å². The first kappa shape index (κ1) is 12.3. The number of nitro groups is 2. The lowest BCUT2D eigenvalue weighted by molar-refractivity contribution is -0.619. The van der Waals surface area contributed by atoms with E-state index in [1.807, 2.05) is 0 Å². The highest BCUT2D eigenvalue weighted by molar-refractivity contribution is 6.30. The molecule has 2 bridgehead atoms. The van der Waals surface area contributed by atoms with Crippen LogP contribution >= 0.6 is 11.6 Å². The van der Waals surface area contributed by atoms with Crippen molar-refractivity contribution in [1.82, 2.24) is 4.90 Å². The van der Waals surface area contributed by atoms with Crippen molar-refractivity contribution in [2.45, 2.75) is 23.9 Å². The molecule has 0 saturated carbocycles. The maximum absolute atomic E-state index is 11.2. The van der Waals surface area contributed by atoms with Crippen LogP contribution in [0.15, 0.2) is 11.1 Å². The zero-order valence-electron chi connectivity index (χ0n) is 9.26. The molecule has 0 aromatic rings. The first-order valence-corrected chi connectivity index (χ1v) is 5.54. The molecular formula is C9H12ClN3O4. The van der Waals surface area contributed by atoms with Gasteiger partial charge in [0, 0.05) is 16.3 Å². The van der Waals surface area contributed by atoms with Gasteiger partial charge in [-0.2, -0.15) is 0 Å². The van der Waals surface area contributed by atoms with Gasteiger partial charge >= 0.3 is 0 Å². The lowest BCUT2D eigenvalue weighted by Gasteiger charge is -2.43. The molecule has 0 radical (unpaired) electrons. The van der Waals surface area contributed by atoms with Gasteiger partial charge in [0.15, 0.2) is 0 Å². The summed E-state index contributed by atoms with van der Waals surface area (Å²) in [5, 5.41) is 22.5. The summed E-state index contributed by atoms with van der Waals surface area (Å²) in [7, 11) is 1.64. The Morgan fingerprint density at radius 2 is 2.00 bits per heavy atom. The minimum absolute atomic E-state index is 0.116. The van der Waals surface area contributed by atoms with Crippen LogP contribution in [0, 0.1) is 20.2 Å². The molecule has 0 aromatic heterocycles. The summed E-state index contributed by atoms with van der Waals surface area (Å²) in [6.45, 7) is 0.335. The summed E-state index contributed by atoms with van der Waals surface area (Å²) >= 11 is 5.94. The second kappa shape index (κ2) is 3.64. The van der Waals surface area contributed by atoms with Gasteiger partial charge in [0.1, 0.15) is 0 Å². The van der Waals surface area contributed by atoms with Crippen molar-refractivity contribution in [2.75, 3.05) is 20.1 Å². The molecule has 7 nitrogen and oxygen atoms in total. The van der Waals surface area contributed by atoms with E-state index < -0.39 is 20.9 Å². The van der Waals surface area contributed by atoms with Gasteiger partial charge in [-0.15, -0.1) is 0 Å². The molecule has 0 spiro atoms. The standard InChI is InChI=1S/C9H12ClN3O4/c1-11-5-8(12(14)15)3-2-7(10)9(4-8,6-11)13(16)17/h2H,3-6H2,1H3/t8-,9-/m1/s1. The summed E-state index contributed by atoms with van der Waals surface area (Å²) in [6, 6.07) is 0. The fraction of sp³-hybridized carbons (Fsp3) is 0.778. The third kappa shape index (κ3) is 1.61. The van der Waals surface area contributed by atoms with E-state index in [9.17, 15) is 20.2 Å². The van der Waals surface area contributed by atoms with Gasteiger partial charge in [-0.25, -0.2) is 0 Å². The van der Waals surface area contributed by atoms with E-state index in [0.29, 0.717) is 0 Å². The number of halogens is 1. The second-order valence-corrected chi connectivity index (χ2v) is 5.28. The first-order valence-electron chi connectivity index (χ1n) is 5.16. The summed E-state index contributed by atoms with van der Waals surface area (Å²) in [5.41, 5.74) is -2.79. The topological polar surface area (TPSA) is 89.5 Å². The number of piperidine rings is 1. The Bertz CT molecular complexity index is 426. The molecule has 2 rings (SSSR count). The smallest absolute Gasteiger partial charge is 0.276 e. The molecule has 0 amide bonds. The highest BCUT2D eigenvalue weighted by Crippen LogP contribution is 2.45. The van der Waals surface area contributed by atoms with Crippen molar-refractivity contribution in [3.63, 3.8) is 0 Å². The molecule has 2 atom stereocenters. The van der Waals surface area contributed by atoms with Gasteiger partial charge in [0.05, 0.1) is 24.5 Å². The van der Waals surface area contributed by atoms with Gasteiger partial charge in [-0.1, -0.05) is 17.7 Å². The summed E-state index contributed by atoms with van der Waals surface area (Å²) < 4.78 is 0. The molecule has 1 aliphatic heterocycles. The normalized spacial score (nSPS) is 37.4. The third-order valence-electron chi connectivity index (χ3n) is 3.56. The monoisotopic (exact) mass is 261 g/mol. The molecule has 94 valence electrons. The van der Waals surface area contributed by atoms with Gasteiger partial charge in [-0.05, 0) is 7.05 Å². The fourth-order valence-electron chi connectivity index (χ4n) is 2.83. The van der Waals surface area contributed by atoms with Crippen LogP contribution < -0.4 is 0 Å². The number of nitrogens with zero attached hydrogens (tertiary/aromatic N) is 3. The van der Waals surface area contributed by atoms with Crippen LogP contribution in [0.1, 0.15) is 12.8 Å². The van der Waals surface area contributed by atoms with Crippen LogP contribution in [0.3, 0.4) is 0 Å². The van der Waals surface area contributed by atoms with Crippen molar-refractivity contribution in [2.24, 2.45) is 0 Å². The molecular weight excluding hydrogens is 250 g/mol. The summed E-state index contributed by atoms with van der Waals surface area (Å²) in [5.74, 6) is 0. The van der Waals surface area contributed by atoms with E-state index in [2.05, 4.69) is 0 Å². The third-order valence-corrected chi connectivity index (χ3v) is 4.07. The highest BCUT2D eigenvalue weighted by Gasteiger charge is 2.64. The van der Waals surface area contributed by atoms with Crippen molar-refractivity contribution < 1.29 is 9.85 Å². The van der Waals surface area contributed by atoms with Gasteiger partial charge in [0.25, 0.3) is 5.54 Å². The fourth-order valence-corrected chi connectivity index (χ4v) is 3.11. The highest BCUT2D eigenvalue weighted by atomic mass is 35.5.